The quantitative estimate of drug-likeness (QED) is 0.114. The number of hydrogen-bond acceptors (Lipinski definition) is 9. The number of imide groups is 2. The van der Waals surface area contributed by atoms with E-state index in [2.05, 4.69) is 5.32 Å². The highest BCUT2D eigenvalue weighted by Crippen LogP contribution is 2.64. The van der Waals surface area contributed by atoms with Gasteiger partial charge in [-0.2, -0.15) is 5.10 Å². The third-order valence-electron chi connectivity index (χ3n) is 13.3. The Bertz CT molecular complexity index is 2850. The highest BCUT2D eigenvalue weighted by atomic mass is 35.5. The van der Waals surface area contributed by atoms with E-state index >= 15 is 9.59 Å². The van der Waals surface area contributed by atoms with Gasteiger partial charge in [0.05, 0.1) is 40.3 Å². The number of thiophene rings is 1. The Kier molecular flexibility index (Phi) is 9.22. The Labute approximate surface area is 361 Å². The largest absolute Gasteiger partial charge is 0.504 e. The number of carbonyl (C=O) groups is 4. The smallest absolute Gasteiger partial charge is 0.242 e. The van der Waals surface area contributed by atoms with Crippen molar-refractivity contribution in [3.63, 3.8) is 0 Å². The predicted molar refractivity (Wildman–Crippen MR) is 236 cm³/mol. The number of nitrogens with zero attached hydrogens (tertiary/aromatic N) is 4. The van der Waals surface area contributed by atoms with Gasteiger partial charge in [-0.1, -0.05) is 47.5 Å². The van der Waals surface area contributed by atoms with E-state index in [1.54, 1.807) is 59.5 Å². The molecule has 10 rings (SSSR count). The van der Waals surface area contributed by atoms with Crippen LogP contribution in [0.3, 0.4) is 0 Å². The van der Waals surface area contributed by atoms with E-state index in [0.29, 0.717) is 40.8 Å². The van der Waals surface area contributed by atoms with E-state index in [1.807, 2.05) is 87.5 Å². The number of hydrogen-bond donors (Lipinski definition) is 2. The van der Waals surface area contributed by atoms with E-state index in [-0.39, 0.29) is 41.5 Å². The molecule has 6 unspecified atom stereocenters. The average molecular weight is 852 g/mol. The first-order valence-corrected chi connectivity index (χ1v) is 21.7. The highest BCUT2D eigenvalue weighted by Gasteiger charge is 2.68. The summed E-state index contributed by atoms with van der Waals surface area (Å²) in [4.78, 5) is 62.8. The van der Waals surface area contributed by atoms with E-state index in [1.165, 1.54) is 9.80 Å². The first-order valence-electron chi connectivity index (χ1n) is 20.5. The van der Waals surface area contributed by atoms with Crippen molar-refractivity contribution in [3.05, 3.63) is 125 Å². The molecule has 0 spiro atoms. The lowest BCUT2D eigenvalue weighted by Gasteiger charge is -2.49. The lowest BCUT2D eigenvalue weighted by molar-refractivity contribution is -0.131. The number of carbonyl (C=O) groups excluding carboxylic acids is 4. The third kappa shape index (κ3) is 5.94. The summed E-state index contributed by atoms with van der Waals surface area (Å²) < 4.78 is 8.45. The number of rotatable bonds is 8. The fraction of sp³-hybridized carbons (Fsp3) is 0.271. The highest BCUT2D eigenvalue weighted by molar-refractivity contribution is 7.22. The Morgan fingerprint density at radius 3 is 2.41 bits per heavy atom. The van der Waals surface area contributed by atoms with Gasteiger partial charge in [-0.3, -0.25) is 28.8 Å². The SMILES string of the molecule is CCOc1cc(C2C3=CCC4C(=O)N(c5ccc(Nc6ccccc6)cc5)C(=O)C4C3CC3C(=O)N(c4cc(-c5sc6ccc(Cl)cc6c5C)nn4C)C(=O)C32C)ccc1O. The molecule has 308 valence electrons. The summed E-state index contributed by atoms with van der Waals surface area (Å²) in [5, 5.41) is 20.6. The summed E-state index contributed by atoms with van der Waals surface area (Å²) in [7, 11) is 1.73. The molecule has 6 aromatic rings. The van der Waals surface area contributed by atoms with Gasteiger partial charge >= 0.3 is 0 Å². The van der Waals surface area contributed by atoms with Gasteiger partial charge in [-0.05, 0) is 123 Å². The van der Waals surface area contributed by atoms with Gasteiger partial charge in [0.1, 0.15) is 11.5 Å². The zero-order chi connectivity index (χ0) is 42.5. The third-order valence-corrected chi connectivity index (χ3v) is 14.8. The molecule has 0 radical (unpaired) electrons. The molecule has 13 heteroatoms. The van der Waals surface area contributed by atoms with Crippen molar-refractivity contribution in [2.75, 3.05) is 21.7 Å². The first kappa shape index (κ1) is 38.9. The Hall–Kier alpha value is -6.24. The van der Waals surface area contributed by atoms with Crippen molar-refractivity contribution in [3.8, 4) is 22.1 Å². The van der Waals surface area contributed by atoms with Gasteiger partial charge in [-0.25, -0.2) is 4.90 Å². The molecule has 4 heterocycles. The van der Waals surface area contributed by atoms with Crippen molar-refractivity contribution >= 4 is 79.5 Å². The molecule has 1 saturated carbocycles. The summed E-state index contributed by atoms with van der Waals surface area (Å²) >= 11 is 7.92. The maximum atomic E-state index is 15.3. The second kappa shape index (κ2) is 14.5. The lowest BCUT2D eigenvalue weighted by Crippen LogP contribution is -2.49. The summed E-state index contributed by atoms with van der Waals surface area (Å²) in [5.41, 5.74) is 4.04. The number of phenols is 1. The maximum Gasteiger partial charge on any atom is 0.242 e. The minimum atomic E-state index is -1.30. The van der Waals surface area contributed by atoms with Crippen LogP contribution in [0.2, 0.25) is 5.02 Å². The Balaban J connectivity index is 1.04. The molecular weight excluding hydrogens is 810 g/mol. The zero-order valence-corrected chi connectivity index (χ0v) is 35.5. The number of para-hydroxylation sites is 1. The van der Waals surface area contributed by atoms with Crippen LogP contribution in [0.25, 0.3) is 20.7 Å². The van der Waals surface area contributed by atoms with Crippen LogP contribution in [0.1, 0.15) is 43.7 Å². The molecule has 11 nitrogen and oxygen atoms in total. The number of allylic oxidation sites excluding steroid dienone is 2. The molecule has 2 aliphatic carbocycles. The topological polar surface area (TPSA) is 134 Å². The minimum absolute atomic E-state index is 0.0498. The molecule has 3 fully saturated rings. The number of aromatic hydroxyl groups is 1. The molecule has 2 saturated heterocycles. The number of benzene rings is 4. The minimum Gasteiger partial charge on any atom is -0.504 e. The van der Waals surface area contributed by atoms with Crippen LogP contribution in [0.4, 0.5) is 22.9 Å². The number of anilines is 4. The fourth-order valence-corrected chi connectivity index (χ4v) is 11.8. The molecule has 4 aromatic carbocycles. The van der Waals surface area contributed by atoms with E-state index in [9.17, 15) is 14.7 Å². The predicted octanol–water partition coefficient (Wildman–Crippen LogP) is 9.55. The average Bonchev–Trinajstić information content (AvgIpc) is 3.92. The number of ether oxygens (including phenoxy) is 1. The number of phenolic OH excluding ortho intramolecular Hbond substituents is 1. The number of aryl methyl sites for hydroxylation is 2. The number of aromatic nitrogens is 2. The molecule has 4 aliphatic rings. The summed E-state index contributed by atoms with van der Waals surface area (Å²) in [6.07, 6.45) is 2.52. The molecule has 2 N–H and O–H groups in total. The summed E-state index contributed by atoms with van der Waals surface area (Å²) in [6.45, 7) is 5.97. The number of fused-ring (bicyclic) bond motifs is 5. The summed E-state index contributed by atoms with van der Waals surface area (Å²) in [5.74, 6) is -4.22. The molecule has 2 aliphatic heterocycles. The first-order chi connectivity index (χ1) is 29.4. The fourth-order valence-electron chi connectivity index (χ4n) is 10.4. The van der Waals surface area contributed by atoms with Crippen molar-refractivity contribution < 1.29 is 29.0 Å². The summed E-state index contributed by atoms with van der Waals surface area (Å²) in [6, 6.07) is 29.5. The Morgan fingerprint density at radius 2 is 1.66 bits per heavy atom. The van der Waals surface area contributed by atoms with Gasteiger partial charge in [0.2, 0.25) is 23.6 Å². The van der Waals surface area contributed by atoms with Crippen molar-refractivity contribution in [1.82, 2.24) is 9.78 Å². The number of nitrogens with one attached hydrogen (secondary N) is 1. The molecular formula is C48H42ClN5O6S. The molecule has 6 atom stereocenters. The van der Waals surface area contributed by atoms with Crippen LogP contribution in [0, 0.1) is 36.0 Å². The molecule has 0 bridgehead atoms. The van der Waals surface area contributed by atoms with Gasteiger partial charge < -0.3 is 15.2 Å². The van der Waals surface area contributed by atoms with Crippen LogP contribution in [0.15, 0.2) is 109 Å². The lowest BCUT2D eigenvalue weighted by atomic mass is 9.51. The number of amides is 4. The molecule has 4 amide bonds. The van der Waals surface area contributed by atoms with Crippen LogP contribution in [0.5, 0.6) is 11.5 Å². The van der Waals surface area contributed by atoms with Crippen LogP contribution in [-0.2, 0) is 26.2 Å². The van der Waals surface area contributed by atoms with Crippen LogP contribution in [-0.4, -0.2) is 45.1 Å². The van der Waals surface area contributed by atoms with Gasteiger partial charge in [0.25, 0.3) is 0 Å². The van der Waals surface area contributed by atoms with Crippen molar-refractivity contribution in [1.29, 1.82) is 0 Å². The second-order valence-electron chi connectivity index (χ2n) is 16.6. The van der Waals surface area contributed by atoms with Crippen molar-refractivity contribution in [2.45, 2.75) is 39.5 Å². The molecule has 61 heavy (non-hydrogen) atoms. The van der Waals surface area contributed by atoms with Gasteiger partial charge in [0.15, 0.2) is 11.5 Å². The van der Waals surface area contributed by atoms with Gasteiger partial charge in [0, 0.05) is 40.1 Å². The maximum absolute atomic E-state index is 15.3. The van der Waals surface area contributed by atoms with E-state index in [0.717, 1.165) is 37.5 Å². The second-order valence-corrected chi connectivity index (χ2v) is 18.1. The molecule has 2 aromatic heterocycles. The van der Waals surface area contributed by atoms with Crippen LogP contribution >= 0.6 is 22.9 Å². The number of halogens is 1. The monoisotopic (exact) mass is 851 g/mol. The van der Waals surface area contributed by atoms with Crippen molar-refractivity contribution in [2.24, 2.45) is 36.1 Å². The van der Waals surface area contributed by atoms with E-state index < -0.39 is 35.0 Å². The van der Waals surface area contributed by atoms with Crippen LogP contribution < -0.4 is 19.9 Å². The standard InChI is InChI=1S/C48H42ClN5O6S/c1-5-60-38-21-26(11-19-37(38)55)42-31-17-18-32-41(46(58)53(44(32)56)30-15-13-29(14-16-30)50-28-9-7-6-8-10-28)34(31)23-35-45(57)54(47(59)48(35,42)3)40-24-36(51-52(40)4)43-25(2)33-22-27(49)12-20-39(33)61-43/h6-17,19-22,24,32,34-35,41-42,50,55H,5,18,23H2,1-4H3. The van der Waals surface area contributed by atoms with Gasteiger partial charge in [-0.15, -0.1) is 11.3 Å². The van der Waals surface area contributed by atoms with E-state index in [4.69, 9.17) is 21.4 Å². The zero-order valence-electron chi connectivity index (χ0n) is 33.9. The Morgan fingerprint density at radius 1 is 0.902 bits per heavy atom. The normalized spacial score (nSPS) is 24.5.